The van der Waals surface area contributed by atoms with Crippen molar-refractivity contribution in [1.29, 1.82) is 0 Å². The molecule has 0 N–H and O–H groups in total. The Hall–Kier alpha value is -2.53. The van der Waals surface area contributed by atoms with Crippen LogP contribution in [0.1, 0.15) is 42.5 Å². The zero-order valence-electron chi connectivity index (χ0n) is 15.3. The smallest absolute Gasteiger partial charge is 0.255 e. The average molecular weight is 367 g/mol. The summed E-state index contributed by atoms with van der Waals surface area (Å²) in [5.41, 5.74) is 1.93. The van der Waals surface area contributed by atoms with E-state index in [2.05, 4.69) is 6.07 Å². The van der Waals surface area contributed by atoms with Crippen LogP contribution >= 0.6 is 0 Å². The maximum absolute atomic E-state index is 13.5. The van der Waals surface area contributed by atoms with Gasteiger partial charge in [-0.2, -0.15) is 0 Å². The predicted octanol–water partition coefficient (Wildman–Crippen LogP) is 3.44. The third-order valence-electron chi connectivity index (χ3n) is 5.52. The molecule has 1 saturated heterocycles. The first kappa shape index (κ1) is 17.9. The molecule has 0 radical (unpaired) electrons. The van der Waals surface area contributed by atoms with Crippen molar-refractivity contribution in [3.05, 3.63) is 71.0 Å². The van der Waals surface area contributed by atoms with Gasteiger partial charge in [-0.15, -0.1) is 0 Å². The second kappa shape index (κ2) is 6.89. The van der Waals surface area contributed by atoms with Crippen LogP contribution in [-0.4, -0.2) is 35.3 Å². The van der Waals surface area contributed by atoms with Gasteiger partial charge >= 0.3 is 0 Å². The molecule has 0 aliphatic carbocycles. The summed E-state index contributed by atoms with van der Waals surface area (Å²) in [4.78, 5) is 27.2. The molecule has 0 bridgehead atoms. The number of rotatable bonds is 2. The van der Waals surface area contributed by atoms with Crippen molar-refractivity contribution >= 4 is 11.7 Å². The van der Waals surface area contributed by atoms with E-state index < -0.39 is 5.60 Å². The van der Waals surface area contributed by atoms with Gasteiger partial charge in [0.2, 0.25) is 0 Å². The Morgan fingerprint density at radius 3 is 2.63 bits per heavy atom. The number of ketones is 1. The van der Waals surface area contributed by atoms with E-state index in [0.29, 0.717) is 13.0 Å². The lowest BCUT2D eigenvalue weighted by molar-refractivity contribution is -0.168. The second-order valence-electron chi connectivity index (χ2n) is 7.45. The van der Waals surface area contributed by atoms with E-state index in [-0.39, 0.29) is 36.6 Å². The van der Waals surface area contributed by atoms with Crippen LogP contribution in [0, 0.1) is 5.82 Å². The van der Waals surface area contributed by atoms with Crippen LogP contribution in [-0.2, 0) is 20.7 Å². The largest absolute Gasteiger partial charge is 0.365 e. The number of ether oxygens (including phenoxy) is 1. The van der Waals surface area contributed by atoms with Gasteiger partial charge < -0.3 is 9.64 Å². The number of benzene rings is 2. The van der Waals surface area contributed by atoms with Crippen molar-refractivity contribution in [2.24, 2.45) is 0 Å². The average Bonchev–Trinajstić information content (AvgIpc) is 2.67. The van der Waals surface area contributed by atoms with Gasteiger partial charge in [0.1, 0.15) is 11.6 Å². The van der Waals surface area contributed by atoms with Crippen LogP contribution in [0.15, 0.2) is 48.5 Å². The quantitative estimate of drug-likeness (QED) is 0.817. The van der Waals surface area contributed by atoms with Crippen LogP contribution in [0.5, 0.6) is 0 Å². The minimum atomic E-state index is -1.14. The van der Waals surface area contributed by atoms with Gasteiger partial charge in [0.25, 0.3) is 5.91 Å². The van der Waals surface area contributed by atoms with Crippen LogP contribution in [0.25, 0.3) is 0 Å². The Bertz CT molecular complexity index is 879. The first-order valence-electron chi connectivity index (χ1n) is 9.28. The maximum atomic E-state index is 13.5. The number of Topliss-reactive ketones (excluding diaryl/α,β-unsaturated/α-hetero) is 1. The highest BCUT2D eigenvalue weighted by molar-refractivity contribution is 5.93. The zero-order valence-corrected chi connectivity index (χ0v) is 15.3. The van der Waals surface area contributed by atoms with E-state index >= 15 is 0 Å². The summed E-state index contributed by atoms with van der Waals surface area (Å²) in [6.07, 6.45) is 1.19. The standard InChI is InChI=1S/C22H22FNO3/c1-22(14-18(25)11-13-27-22)21(26)24-12-10-15-4-2-3-5-19(15)20(24)16-6-8-17(23)9-7-16/h2-9,20H,10-14H2,1H3/t20-,22-/m0/s1. The molecule has 2 heterocycles. The number of carbonyl (C=O) groups is 2. The van der Waals surface area contributed by atoms with E-state index in [0.717, 1.165) is 17.5 Å². The van der Waals surface area contributed by atoms with Crippen molar-refractivity contribution < 1.29 is 18.7 Å². The highest BCUT2D eigenvalue weighted by atomic mass is 19.1. The van der Waals surface area contributed by atoms with Gasteiger partial charge in [-0.1, -0.05) is 36.4 Å². The SMILES string of the molecule is C[C@@]1(C(=O)N2CCc3ccccc3[C@@H]2c2ccc(F)cc2)CC(=O)CCO1. The number of fused-ring (bicyclic) bond motifs is 1. The lowest BCUT2D eigenvalue weighted by Crippen LogP contribution is -2.54. The van der Waals surface area contributed by atoms with Gasteiger partial charge in [0.15, 0.2) is 5.60 Å². The molecule has 4 rings (SSSR count). The number of carbonyl (C=O) groups excluding carboxylic acids is 2. The lowest BCUT2D eigenvalue weighted by Gasteiger charge is -2.43. The molecular weight excluding hydrogens is 345 g/mol. The van der Waals surface area contributed by atoms with E-state index in [1.807, 2.05) is 18.2 Å². The van der Waals surface area contributed by atoms with Gasteiger partial charge in [-0.3, -0.25) is 9.59 Å². The first-order chi connectivity index (χ1) is 13.0. The first-order valence-corrected chi connectivity index (χ1v) is 9.28. The molecule has 5 heteroatoms. The molecule has 0 saturated carbocycles. The number of amides is 1. The molecule has 1 fully saturated rings. The fourth-order valence-electron chi connectivity index (χ4n) is 4.14. The van der Waals surface area contributed by atoms with Crippen molar-refractivity contribution in [2.75, 3.05) is 13.2 Å². The summed E-state index contributed by atoms with van der Waals surface area (Å²) >= 11 is 0. The molecule has 4 nitrogen and oxygen atoms in total. The van der Waals surface area contributed by atoms with Crippen molar-refractivity contribution in [2.45, 2.75) is 37.8 Å². The van der Waals surface area contributed by atoms with E-state index in [9.17, 15) is 14.0 Å². The minimum Gasteiger partial charge on any atom is -0.365 e. The summed E-state index contributed by atoms with van der Waals surface area (Å²) in [5.74, 6) is -0.443. The number of hydrogen-bond donors (Lipinski definition) is 0. The molecule has 140 valence electrons. The van der Waals surface area contributed by atoms with Gasteiger partial charge in [0, 0.05) is 19.4 Å². The van der Waals surface area contributed by atoms with E-state index in [4.69, 9.17) is 4.74 Å². The molecule has 27 heavy (non-hydrogen) atoms. The molecule has 0 spiro atoms. The van der Waals surface area contributed by atoms with Crippen LogP contribution in [0.4, 0.5) is 4.39 Å². The third kappa shape index (κ3) is 3.28. The topological polar surface area (TPSA) is 46.6 Å². The zero-order chi connectivity index (χ0) is 19.0. The summed E-state index contributed by atoms with van der Waals surface area (Å²) in [5, 5.41) is 0. The highest BCUT2D eigenvalue weighted by Gasteiger charge is 2.45. The summed E-state index contributed by atoms with van der Waals surface area (Å²) in [6, 6.07) is 14.0. The fraction of sp³-hybridized carbons (Fsp3) is 0.364. The molecule has 2 aromatic carbocycles. The molecule has 2 aromatic rings. The molecule has 2 aliphatic heterocycles. The monoisotopic (exact) mass is 367 g/mol. The molecular formula is C22H22FNO3. The van der Waals surface area contributed by atoms with E-state index in [1.54, 1.807) is 24.0 Å². The fourth-order valence-corrected chi connectivity index (χ4v) is 4.14. The van der Waals surface area contributed by atoms with Gasteiger partial charge in [0.05, 0.1) is 12.6 Å². The maximum Gasteiger partial charge on any atom is 0.255 e. The number of hydrogen-bond acceptors (Lipinski definition) is 3. The van der Waals surface area contributed by atoms with Crippen LogP contribution < -0.4 is 0 Å². The Morgan fingerprint density at radius 1 is 1.15 bits per heavy atom. The van der Waals surface area contributed by atoms with Crippen molar-refractivity contribution in [1.82, 2.24) is 4.90 Å². The number of halogens is 1. The Balaban J connectivity index is 1.75. The molecule has 2 aliphatic rings. The van der Waals surface area contributed by atoms with Gasteiger partial charge in [-0.25, -0.2) is 4.39 Å². The normalized spacial score (nSPS) is 25.2. The summed E-state index contributed by atoms with van der Waals surface area (Å²) in [6.45, 7) is 2.51. The Morgan fingerprint density at radius 2 is 1.89 bits per heavy atom. The van der Waals surface area contributed by atoms with Gasteiger partial charge in [-0.05, 0) is 42.2 Å². The van der Waals surface area contributed by atoms with Crippen molar-refractivity contribution in [3.63, 3.8) is 0 Å². The number of nitrogens with zero attached hydrogens (tertiary/aromatic N) is 1. The van der Waals surface area contributed by atoms with Crippen molar-refractivity contribution in [3.8, 4) is 0 Å². The Kier molecular flexibility index (Phi) is 4.56. The van der Waals surface area contributed by atoms with Crippen LogP contribution in [0.2, 0.25) is 0 Å². The predicted molar refractivity (Wildman–Crippen MR) is 98.7 cm³/mol. The van der Waals surface area contributed by atoms with E-state index in [1.165, 1.54) is 17.7 Å². The molecule has 0 unspecified atom stereocenters. The molecule has 1 amide bonds. The summed E-state index contributed by atoms with van der Waals surface area (Å²) < 4.78 is 19.2. The third-order valence-corrected chi connectivity index (χ3v) is 5.52. The summed E-state index contributed by atoms with van der Waals surface area (Å²) in [7, 11) is 0. The van der Waals surface area contributed by atoms with Crippen LogP contribution in [0.3, 0.4) is 0 Å². The highest BCUT2D eigenvalue weighted by Crippen LogP contribution is 2.38. The Labute approximate surface area is 157 Å². The lowest BCUT2D eigenvalue weighted by atomic mass is 9.85. The minimum absolute atomic E-state index is 0.0489. The molecule has 0 aromatic heterocycles. The molecule has 2 atom stereocenters. The second-order valence-corrected chi connectivity index (χ2v) is 7.45.